The minimum Gasteiger partial charge on any atom is -0.354 e. The minimum atomic E-state index is -0.458. The molecule has 0 saturated heterocycles. The highest BCUT2D eigenvalue weighted by molar-refractivity contribution is 5.83. The van der Waals surface area contributed by atoms with Crippen LogP contribution >= 0.6 is 0 Å². The van der Waals surface area contributed by atoms with E-state index in [1.54, 1.807) is 19.1 Å². The van der Waals surface area contributed by atoms with Crippen LogP contribution in [0.25, 0.3) is 0 Å². The Hall–Kier alpha value is -1.95. The standard InChI is InChI=1S/C14H21N3O3/c1-10(2)15-7-8-16-14(18)11(3)12-5-4-6-13(9-12)17(19)20/h4-6,9-11,15H,7-8H2,1-3H3,(H,16,18). The first-order valence-electron chi connectivity index (χ1n) is 6.67. The molecule has 0 aliphatic rings. The molecule has 6 heteroatoms. The van der Waals surface area contributed by atoms with Crippen LogP contribution in [0.1, 0.15) is 32.3 Å². The third-order valence-electron chi connectivity index (χ3n) is 2.95. The minimum absolute atomic E-state index is 0.00336. The molecule has 0 spiro atoms. The molecular weight excluding hydrogens is 258 g/mol. The van der Waals surface area contributed by atoms with Gasteiger partial charge in [-0.25, -0.2) is 0 Å². The molecule has 20 heavy (non-hydrogen) atoms. The van der Waals surface area contributed by atoms with E-state index in [2.05, 4.69) is 10.6 Å². The van der Waals surface area contributed by atoms with E-state index in [9.17, 15) is 14.9 Å². The van der Waals surface area contributed by atoms with Crippen LogP contribution in [-0.2, 0) is 4.79 Å². The van der Waals surface area contributed by atoms with Crippen LogP contribution in [0.3, 0.4) is 0 Å². The zero-order chi connectivity index (χ0) is 15.1. The van der Waals surface area contributed by atoms with Crippen molar-refractivity contribution >= 4 is 11.6 Å². The second-order valence-corrected chi connectivity index (χ2v) is 4.97. The summed E-state index contributed by atoms with van der Waals surface area (Å²) in [6.07, 6.45) is 0. The Bertz CT molecular complexity index is 474. The summed E-state index contributed by atoms with van der Waals surface area (Å²) >= 11 is 0. The van der Waals surface area contributed by atoms with Crippen LogP contribution < -0.4 is 10.6 Å². The Balaban J connectivity index is 2.56. The molecule has 1 atom stereocenters. The summed E-state index contributed by atoms with van der Waals surface area (Å²) in [4.78, 5) is 22.2. The molecule has 1 rings (SSSR count). The molecule has 0 fully saturated rings. The number of rotatable bonds is 7. The van der Waals surface area contributed by atoms with Crippen LogP contribution in [0.2, 0.25) is 0 Å². The van der Waals surface area contributed by atoms with E-state index >= 15 is 0 Å². The maximum Gasteiger partial charge on any atom is 0.269 e. The number of amides is 1. The first-order chi connectivity index (χ1) is 9.41. The van der Waals surface area contributed by atoms with E-state index < -0.39 is 10.8 Å². The number of nitrogens with one attached hydrogen (secondary N) is 2. The van der Waals surface area contributed by atoms with E-state index in [1.807, 2.05) is 13.8 Å². The lowest BCUT2D eigenvalue weighted by Crippen LogP contribution is -2.36. The van der Waals surface area contributed by atoms with Gasteiger partial charge < -0.3 is 10.6 Å². The normalized spacial score (nSPS) is 12.2. The summed E-state index contributed by atoms with van der Waals surface area (Å²) in [5.41, 5.74) is 0.650. The van der Waals surface area contributed by atoms with Crippen molar-refractivity contribution in [3.63, 3.8) is 0 Å². The Kier molecular flexibility index (Phi) is 6.11. The van der Waals surface area contributed by atoms with Crippen molar-refractivity contribution in [2.45, 2.75) is 32.7 Å². The molecule has 2 N–H and O–H groups in total. The number of nitrogens with zero attached hydrogens (tertiary/aromatic N) is 1. The number of carbonyl (C=O) groups is 1. The summed E-state index contributed by atoms with van der Waals surface area (Å²) in [7, 11) is 0. The number of hydrogen-bond donors (Lipinski definition) is 2. The Morgan fingerprint density at radius 1 is 1.30 bits per heavy atom. The largest absolute Gasteiger partial charge is 0.354 e. The second-order valence-electron chi connectivity index (χ2n) is 4.97. The highest BCUT2D eigenvalue weighted by Crippen LogP contribution is 2.20. The van der Waals surface area contributed by atoms with Crippen LogP contribution in [0, 0.1) is 10.1 Å². The molecule has 6 nitrogen and oxygen atoms in total. The molecule has 110 valence electrons. The van der Waals surface area contributed by atoms with Gasteiger partial charge in [-0.3, -0.25) is 14.9 Å². The van der Waals surface area contributed by atoms with E-state index in [1.165, 1.54) is 12.1 Å². The van der Waals surface area contributed by atoms with Gasteiger partial charge in [-0.15, -0.1) is 0 Å². The molecule has 1 unspecified atom stereocenters. The fraction of sp³-hybridized carbons (Fsp3) is 0.500. The number of nitro groups is 1. The van der Waals surface area contributed by atoms with Crippen molar-refractivity contribution in [2.24, 2.45) is 0 Å². The fourth-order valence-corrected chi connectivity index (χ4v) is 1.76. The van der Waals surface area contributed by atoms with Gasteiger partial charge in [0.2, 0.25) is 5.91 Å². The van der Waals surface area contributed by atoms with Crippen LogP contribution in [0.4, 0.5) is 5.69 Å². The van der Waals surface area contributed by atoms with Gasteiger partial charge in [-0.2, -0.15) is 0 Å². The predicted molar refractivity (Wildman–Crippen MR) is 77.7 cm³/mol. The molecule has 0 aliphatic heterocycles. The van der Waals surface area contributed by atoms with Crippen LogP contribution in [0.15, 0.2) is 24.3 Å². The molecule has 1 amide bonds. The Morgan fingerprint density at radius 3 is 2.60 bits per heavy atom. The quantitative estimate of drug-likeness (QED) is 0.453. The molecule has 0 aliphatic carbocycles. The van der Waals surface area contributed by atoms with Gasteiger partial charge in [0.1, 0.15) is 0 Å². The highest BCUT2D eigenvalue weighted by atomic mass is 16.6. The van der Waals surface area contributed by atoms with E-state index in [-0.39, 0.29) is 11.6 Å². The molecule has 0 heterocycles. The lowest BCUT2D eigenvalue weighted by Gasteiger charge is -2.13. The predicted octanol–water partition coefficient (Wildman–Crippen LogP) is 1.81. The summed E-state index contributed by atoms with van der Waals surface area (Å²) in [6.45, 7) is 7.05. The van der Waals surface area contributed by atoms with Crippen molar-refractivity contribution < 1.29 is 9.72 Å². The van der Waals surface area contributed by atoms with Crippen molar-refractivity contribution in [2.75, 3.05) is 13.1 Å². The monoisotopic (exact) mass is 279 g/mol. The van der Waals surface area contributed by atoms with E-state index in [0.717, 1.165) is 0 Å². The van der Waals surface area contributed by atoms with Crippen molar-refractivity contribution in [1.82, 2.24) is 10.6 Å². The van der Waals surface area contributed by atoms with Crippen LogP contribution in [0.5, 0.6) is 0 Å². The zero-order valence-corrected chi connectivity index (χ0v) is 12.1. The van der Waals surface area contributed by atoms with Crippen molar-refractivity contribution in [1.29, 1.82) is 0 Å². The topological polar surface area (TPSA) is 84.3 Å². The third-order valence-corrected chi connectivity index (χ3v) is 2.95. The smallest absolute Gasteiger partial charge is 0.269 e. The summed E-state index contributed by atoms with van der Waals surface area (Å²) in [5, 5.41) is 16.7. The van der Waals surface area contributed by atoms with Gasteiger partial charge in [0.15, 0.2) is 0 Å². The van der Waals surface area contributed by atoms with Gasteiger partial charge in [0.05, 0.1) is 10.8 Å². The number of hydrogen-bond acceptors (Lipinski definition) is 4. The van der Waals surface area contributed by atoms with E-state index in [4.69, 9.17) is 0 Å². The number of nitro benzene ring substituents is 1. The molecular formula is C14H21N3O3. The SMILES string of the molecule is CC(C)NCCNC(=O)C(C)c1cccc([N+](=O)[O-])c1. The van der Waals surface area contributed by atoms with Crippen molar-refractivity contribution in [3.05, 3.63) is 39.9 Å². The summed E-state index contributed by atoms with van der Waals surface area (Å²) in [6, 6.07) is 6.56. The van der Waals surface area contributed by atoms with Gasteiger partial charge in [-0.05, 0) is 12.5 Å². The molecule has 0 bridgehead atoms. The van der Waals surface area contributed by atoms with Crippen LogP contribution in [-0.4, -0.2) is 30.0 Å². The van der Waals surface area contributed by atoms with Gasteiger partial charge in [0.25, 0.3) is 5.69 Å². The highest BCUT2D eigenvalue weighted by Gasteiger charge is 2.17. The third kappa shape index (κ3) is 4.97. The number of benzene rings is 1. The summed E-state index contributed by atoms with van der Waals surface area (Å²) < 4.78 is 0. The number of carbonyl (C=O) groups excluding carboxylic acids is 1. The zero-order valence-electron chi connectivity index (χ0n) is 12.1. The lowest BCUT2D eigenvalue weighted by atomic mass is 10.00. The average Bonchev–Trinajstić information content (AvgIpc) is 2.42. The summed E-state index contributed by atoms with van der Waals surface area (Å²) in [5.74, 6) is -0.537. The second kappa shape index (κ2) is 7.59. The molecule has 0 aromatic heterocycles. The molecule has 0 radical (unpaired) electrons. The first kappa shape index (κ1) is 16.1. The molecule has 0 saturated carbocycles. The van der Waals surface area contributed by atoms with Gasteiger partial charge in [-0.1, -0.05) is 26.0 Å². The Morgan fingerprint density at radius 2 is 2.00 bits per heavy atom. The lowest BCUT2D eigenvalue weighted by molar-refractivity contribution is -0.384. The Labute approximate surface area is 118 Å². The van der Waals surface area contributed by atoms with Gasteiger partial charge >= 0.3 is 0 Å². The van der Waals surface area contributed by atoms with Gasteiger partial charge in [0, 0.05) is 31.3 Å². The average molecular weight is 279 g/mol. The maximum atomic E-state index is 12.0. The molecule has 1 aromatic carbocycles. The molecule has 1 aromatic rings. The number of non-ortho nitro benzene ring substituents is 1. The van der Waals surface area contributed by atoms with E-state index in [0.29, 0.717) is 24.7 Å². The first-order valence-corrected chi connectivity index (χ1v) is 6.67. The fourth-order valence-electron chi connectivity index (χ4n) is 1.76. The maximum absolute atomic E-state index is 12.0. The van der Waals surface area contributed by atoms with Crippen molar-refractivity contribution in [3.8, 4) is 0 Å².